The summed E-state index contributed by atoms with van der Waals surface area (Å²) in [5.74, 6) is 1.29. The fraction of sp³-hybridized carbons (Fsp3) is 0.200. The number of fused-ring (bicyclic) bond motifs is 1. The summed E-state index contributed by atoms with van der Waals surface area (Å²) in [5, 5.41) is 18.2. The highest BCUT2D eigenvalue weighted by molar-refractivity contribution is 7.98. The summed E-state index contributed by atoms with van der Waals surface area (Å²) >= 11 is 1.56. The van der Waals surface area contributed by atoms with Gasteiger partial charge in [-0.1, -0.05) is 30.0 Å². The molecule has 0 aliphatic rings. The number of thioether (sulfide) groups is 1. The minimum absolute atomic E-state index is 0.614. The largest absolute Gasteiger partial charge is 0.259 e. The van der Waals surface area contributed by atoms with Crippen LogP contribution in [0, 0.1) is 25.2 Å². The molecule has 0 aliphatic carbocycles. The third kappa shape index (κ3) is 2.60. The van der Waals surface area contributed by atoms with E-state index in [4.69, 9.17) is 5.26 Å². The third-order valence-corrected chi connectivity index (χ3v) is 4.14. The number of aryl methyl sites for hydroxylation is 2. The van der Waals surface area contributed by atoms with Gasteiger partial charge in [-0.25, -0.2) is 4.98 Å². The van der Waals surface area contributed by atoms with E-state index < -0.39 is 0 Å². The van der Waals surface area contributed by atoms with Crippen LogP contribution >= 0.6 is 11.8 Å². The fourth-order valence-corrected chi connectivity index (χ4v) is 3.18. The summed E-state index contributed by atoms with van der Waals surface area (Å²) in [6.07, 6.45) is 0. The molecule has 0 unspecified atom stereocenters. The van der Waals surface area contributed by atoms with Crippen molar-refractivity contribution in [1.82, 2.24) is 19.6 Å². The molecule has 0 bridgehead atoms. The second-order valence-corrected chi connectivity index (χ2v) is 5.66. The van der Waals surface area contributed by atoms with Crippen molar-refractivity contribution in [3.63, 3.8) is 0 Å². The minimum atomic E-state index is 0.614. The average Bonchev–Trinajstić information content (AvgIpc) is 2.88. The first-order valence-corrected chi connectivity index (χ1v) is 7.48. The Labute approximate surface area is 126 Å². The van der Waals surface area contributed by atoms with Crippen LogP contribution < -0.4 is 0 Å². The second kappa shape index (κ2) is 5.54. The molecule has 104 valence electrons. The molecule has 0 amide bonds. The first-order valence-electron chi connectivity index (χ1n) is 6.49. The number of aromatic nitrogens is 4. The van der Waals surface area contributed by atoms with Crippen molar-refractivity contribution < 1.29 is 0 Å². The molecule has 0 saturated carbocycles. The highest BCUT2D eigenvalue weighted by Gasteiger charge is 2.11. The van der Waals surface area contributed by atoms with E-state index in [2.05, 4.69) is 21.3 Å². The van der Waals surface area contributed by atoms with Crippen LogP contribution in [0.4, 0.5) is 0 Å². The maximum absolute atomic E-state index is 9.12. The quantitative estimate of drug-likeness (QED) is 0.695. The number of hydrogen-bond acceptors (Lipinski definition) is 5. The van der Waals surface area contributed by atoms with Crippen molar-refractivity contribution in [3.05, 3.63) is 52.8 Å². The molecule has 2 aromatic heterocycles. The van der Waals surface area contributed by atoms with Crippen LogP contribution in [0.5, 0.6) is 0 Å². The zero-order valence-electron chi connectivity index (χ0n) is 11.7. The standard InChI is InChI=1S/C15H13N5S/c1-10-7-11(2)20-14(17-10)18-19-15(20)21-9-13-6-4-3-5-12(13)8-16/h3-7H,9H2,1-2H3. The van der Waals surface area contributed by atoms with E-state index in [0.29, 0.717) is 17.1 Å². The molecule has 0 spiro atoms. The zero-order valence-corrected chi connectivity index (χ0v) is 12.6. The van der Waals surface area contributed by atoms with Gasteiger partial charge in [0.2, 0.25) is 0 Å². The molecule has 5 nitrogen and oxygen atoms in total. The van der Waals surface area contributed by atoms with Crippen molar-refractivity contribution in [2.24, 2.45) is 0 Å². The van der Waals surface area contributed by atoms with Gasteiger partial charge in [-0.15, -0.1) is 10.2 Å². The molecule has 0 radical (unpaired) electrons. The number of rotatable bonds is 3. The molecule has 2 heterocycles. The summed E-state index contributed by atoms with van der Waals surface area (Å²) in [5.41, 5.74) is 3.68. The SMILES string of the molecule is Cc1cc(C)n2c(SCc3ccccc3C#N)nnc2n1. The summed E-state index contributed by atoms with van der Waals surface area (Å²) < 4.78 is 1.94. The van der Waals surface area contributed by atoms with Crippen LogP contribution in [0.15, 0.2) is 35.5 Å². The summed E-state index contributed by atoms with van der Waals surface area (Å²) in [4.78, 5) is 4.37. The summed E-state index contributed by atoms with van der Waals surface area (Å²) in [6.45, 7) is 3.95. The number of benzene rings is 1. The Balaban J connectivity index is 1.91. The lowest BCUT2D eigenvalue weighted by molar-refractivity contribution is 0.886. The van der Waals surface area contributed by atoms with Gasteiger partial charge in [0.25, 0.3) is 5.78 Å². The number of nitrogens with zero attached hydrogens (tertiary/aromatic N) is 5. The highest BCUT2D eigenvalue weighted by Crippen LogP contribution is 2.24. The van der Waals surface area contributed by atoms with E-state index >= 15 is 0 Å². The van der Waals surface area contributed by atoms with Gasteiger partial charge in [0.15, 0.2) is 5.16 Å². The van der Waals surface area contributed by atoms with Gasteiger partial charge < -0.3 is 0 Å². The molecule has 3 aromatic rings. The summed E-state index contributed by atoms with van der Waals surface area (Å²) in [6, 6.07) is 11.8. The van der Waals surface area contributed by atoms with E-state index in [-0.39, 0.29) is 0 Å². The first kappa shape index (κ1) is 13.6. The Hall–Kier alpha value is -2.39. The molecule has 0 saturated heterocycles. The van der Waals surface area contributed by atoms with E-state index in [1.165, 1.54) is 0 Å². The van der Waals surface area contributed by atoms with E-state index in [1.54, 1.807) is 11.8 Å². The zero-order chi connectivity index (χ0) is 14.8. The van der Waals surface area contributed by atoms with Crippen molar-refractivity contribution in [1.29, 1.82) is 5.26 Å². The lowest BCUT2D eigenvalue weighted by Crippen LogP contribution is -1.98. The van der Waals surface area contributed by atoms with E-state index in [9.17, 15) is 0 Å². The van der Waals surface area contributed by atoms with Gasteiger partial charge in [-0.3, -0.25) is 4.40 Å². The van der Waals surface area contributed by atoms with Crippen LogP contribution in [0.1, 0.15) is 22.5 Å². The second-order valence-electron chi connectivity index (χ2n) is 4.71. The van der Waals surface area contributed by atoms with Gasteiger partial charge in [-0.05, 0) is 31.5 Å². The lowest BCUT2D eigenvalue weighted by Gasteiger charge is -2.05. The van der Waals surface area contributed by atoms with Crippen LogP contribution in [-0.4, -0.2) is 19.6 Å². The molecule has 1 aromatic carbocycles. The smallest absolute Gasteiger partial charge is 0.256 e. The predicted octanol–water partition coefficient (Wildman–Crippen LogP) is 2.91. The van der Waals surface area contributed by atoms with Crippen molar-refractivity contribution >= 4 is 17.5 Å². The van der Waals surface area contributed by atoms with Gasteiger partial charge >= 0.3 is 0 Å². The van der Waals surface area contributed by atoms with Crippen molar-refractivity contribution in [2.75, 3.05) is 0 Å². The number of nitriles is 1. The normalized spacial score (nSPS) is 10.7. The molecule has 0 aliphatic heterocycles. The van der Waals surface area contributed by atoms with E-state index in [0.717, 1.165) is 22.1 Å². The molecule has 0 fully saturated rings. The van der Waals surface area contributed by atoms with Crippen molar-refractivity contribution in [2.45, 2.75) is 24.8 Å². The Morgan fingerprint density at radius 1 is 1.24 bits per heavy atom. The van der Waals surface area contributed by atoms with E-state index in [1.807, 2.05) is 48.6 Å². The van der Waals surface area contributed by atoms with Crippen molar-refractivity contribution in [3.8, 4) is 6.07 Å². The summed E-state index contributed by atoms with van der Waals surface area (Å²) in [7, 11) is 0. The van der Waals surface area contributed by atoms with Gasteiger partial charge in [0.05, 0.1) is 11.6 Å². The topological polar surface area (TPSA) is 66.9 Å². The van der Waals surface area contributed by atoms with Crippen LogP contribution in [0.3, 0.4) is 0 Å². The maximum atomic E-state index is 9.12. The number of hydrogen-bond donors (Lipinski definition) is 0. The van der Waals surface area contributed by atoms with Crippen LogP contribution in [0.2, 0.25) is 0 Å². The van der Waals surface area contributed by atoms with Gasteiger partial charge in [-0.2, -0.15) is 5.26 Å². The van der Waals surface area contributed by atoms with Crippen LogP contribution in [-0.2, 0) is 5.75 Å². The maximum Gasteiger partial charge on any atom is 0.256 e. The van der Waals surface area contributed by atoms with Gasteiger partial charge in [0.1, 0.15) is 0 Å². The van der Waals surface area contributed by atoms with Gasteiger partial charge in [0, 0.05) is 17.1 Å². The Morgan fingerprint density at radius 2 is 2.05 bits per heavy atom. The molecule has 0 atom stereocenters. The van der Waals surface area contributed by atoms with Crippen LogP contribution in [0.25, 0.3) is 5.78 Å². The Morgan fingerprint density at radius 3 is 2.86 bits per heavy atom. The molecule has 21 heavy (non-hydrogen) atoms. The Kier molecular flexibility index (Phi) is 3.59. The fourth-order valence-electron chi connectivity index (χ4n) is 2.19. The lowest BCUT2D eigenvalue weighted by atomic mass is 10.1. The molecular weight excluding hydrogens is 282 g/mol. The molecule has 6 heteroatoms. The molecular formula is C15H13N5S. The minimum Gasteiger partial charge on any atom is -0.259 e. The first-order chi connectivity index (χ1) is 10.2. The molecule has 0 N–H and O–H groups in total. The third-order valence-electron chi connectivity index (χ3n) is 3.16. The Bertz CT molecular complexity index is 847. The molecule has 3 rings (SSSR count). The highest BCUT2D eigenvalue weighted by atomic mass is 32.2. The average molecular weight is 295 g/mol. The predicted molar refractivity (Wildman–Crippen MR) is 81.0 cm³/mol. The monoisotopic (exact) mass is 295 g/mol.